The summed E-state index contributed by atoms with van der Waals surface area (Å²) in [6.07, 6.45) is 0. The maximum atomic E-state index is 12.0. The molecule has 3 heterocycles. The molecule has 0 aliphatic carbocycles. The topological polar surface area (TPSA) is 118 Å². The second-order valence-electron chi connectivity index (χ2n) is 11.0. The molecule has 0 N–H and O–H groups in total. The average molecular weight is 632 g/mol. The summed E-state index contributed by atoms with van der Waals surface area (Å²) >= 11 is 0. The van der Waals surface area contributed by atoms with Crippen molar-refractivity contribution in [2.45, 2.75) is 0 Å². The van der Waals surface area contributed by atoms with Gasteiger partial charge < -0.3 is 18.9 Å². The Hall–Kier alpha value is -6.87. The first-order valence-corrected chi connectivity index (χ1v) is 14.8. The van der Waals surface area contributed by atoms with Crippen LogP contribution in [0.25, 0.3) is 33.6 Å². The van der Waals surface area contributed by atoms with Crippen molar-refractivity contribution in [2.24, 2.45) is 0 Å². The number of carbonyl (C=O) groups excluding carboxylic acids is 4. The number of nitrogens with zero attached hydrogens (tertiary/aromatic N) is 1. The highest BCUT2D eigenvalue weighted by molar-refractivity contribution is 6.15. The van der Waals surface area contributed by atoms with Gasteiger partial charge in [-0.25, -0.2) is 24.2 Å². The van der Waals surface area contributed by atoms with Crippen LogP contribution in [0.5, 0.6) is 23.0 Å². The zero-order chi connectivity index (χ0) is 32.8. The number of pyridine rings is 1. The molecule has 5 aromatic carbocycles. The first kappa shape index (κ1) is 28.6. The molecule has 0 spiro atoms. The number of cyclic esters (lactones) is 4. The lowest BCUT2D eigenvalue weighted by molar-refractivity contribution is 0.0425. The Morgan fingerprint density at radius 1 is 0.375 bits per heavy atom. The first-order chi connectivity index (χ1) is 23.4. The quantitative estimate of drug-likeness (QED) is 0.127. The molecular weight excluding hydrogens is 610 g/mol. The average Bonchev–Trinajstić information content (AvgIpc) is 3.57. The molecule has 1 aromatic heterocycles. The summed E-state index contributed by atoms with van der Waals surface area (Å²) in [6.45, 7) is 0. The van der Waals surface area contributed by atoms with Crippen molar-refractivity contribution >= 4 is 23.9 Å². The van der Waals surface area contributed by atoms with E-state index in [0.717, 1.165) is 33.6 Å². The Kier molecular flexibility index (Phi) is 6.84. The van der Waals surface area contributed by atoms with Crippen LogP contribution in [0.15, 0.2) is 127 Å². The summed E-state index contributed by atoms with van der Waals surface area (Å²) in [7, 11) is 0. The van der Waals surface area contributed by atoms with Gasteiger partial charge in [-0.15, -0.1) is 0 Å². The van der Waals surface area contributed by atoms with Crippen molar-refractivity contribution in [3.8, 4) is 56.6 Å². The molecule has 0 saturated carbocycles. The van der Waals surface area contributed by atoms with E-state index in [-0.39, 0.29) is 22.3 Å². The fourth-order valence-electron chi connectivity index (χ4n) is 5.54. The molecule has 2 aliphatic rings. The SMILES string of the molecule is O=C1OC(=O)c2cc(Oc3ccc(-c4cc(-c5ccccc5)cc(-c5ccc(Oc6ccc7c(c6)C(=O)OC7=O)cc5)n4)cc3)ccc21. The van der Waals surface area contributed by atoms with Crippen LogP contribution in [0.2, 0.25) is 0 Å². The lowest BCUT2D eigenvalue weighted by Gasteiger charge is -2.12. The van der Waals surface area contributed by atoms with Crippen molar-refractivity contribution < 1.29 is 38.1 Å². The molecule has 0 fully saturated rings. The predicted octanol–water partition coefficient (Wildman–Crippen LogP) is 8.29. The zero-order valence-electron chi connectivity index (χ0n) is 24.8. The van der Waals surface area contributed by atoms with Gasteiger partial charge in [0.05, 0.1) is 33.6 Å². The maximum absolute atomic E-state index is 12.0. The van der Waals surface area contributed by atoms with E-state index >= 15 is 0 Å². The molecular formula is C39H21NO8. The van der Waals surface area contributed by atoms with Crippen molar-refractivity contribution in [3.05, 3.63) is 150 Å². The number of hydrogen-bond acceptors (Lipinski definition) is 9. The van der Waals surface area contributed by atoms with Crippen LogP contribution in [-0.2, 0) is 9.47 Å². The van der Waals surface area contributed by atoms with Crippen molar-refractivity contribution in [2.75, 3.05) is 0 Å². The second kappa shape index (κ2) is 11.5. The molecule has 0 saturated heterocycles. The number of hydrogen-bond donors (Lipinski definition) is 0. The largest absolute Gasteiger partial charge is 0.457 e. The first-order valence-electron chi connectivity index (χ1n) is 14.8. The van der Waals surface area contributed by atoms with Gasteiger partial charge in [0, 0.05) is 11.1 Å². The van der Waals surface area contributed by atoms with Gasteiger partial charge in [-0.05, 0) is 108 Å². The van der Waals surface area contributed by atoms with Gasteiger partial charge in [0.1, 0.15) is 23.0 Å². The Bertz CT molecular complexity index is 2150. The lowest BCUT2D eigenvalue weighted by atomic mass is 10.00. The molecule has 9 nitrogen and oxygen atoms in total. The third-order valence-corrected chi connectivity index (χ3v) is 7.94. The van der Waals surface area contributed by atoms with Gasteiger partial charge in [-0.1, -0.05) is 30.3 Å². The van der Waals surface area contributed by atoms with Crippen LogP contribution in [0, 0.1) is 0 Å². The number of carbonyl (C=O) groups is 4. The molecule has 0 atom stereocenters. The number of aromatic nitrogens is 1. The summed E-state index contributed by atoms with van der Waals surface area (Å²) in [4.78, 5) is 52.4. The van der Waals surface area contributed by atoms with Crippen LogP contribution >= 0.6 is 0 Å². The van der Waals surface area contributed by atoms with Crippen LogP contribution in [-0.4, -0.2) is 28.9 Å². The number of fused-ring (bicyclic) bond motifs is 2. The molecule has 48 heavy (non-hydrogen) atoms. The number of ether oxygens (including phenoxy) is 4. The van der Waals surface area contributed by atoms with Gasteiger partial charge in [0.2, 0.25) is 0 Å². The summed E-state index contributed by atoms with van der Waals surface area (Å²) in [5.74, 6) is -0.820. The molecule has 0 bridgehead atoms. The fraction of sp³-hybridized carbons (Fsp3) is 0. The molecule has 8 rings (SSSR count). The smallest absolute Gasteiger partial charge is 0.347 e. The van der Waals surface area contributed by atoms with E-state index in [0.29, 0.717) is 23.0 Å². The monoisotopic (exact) mass is 631 g/mol. The lowest BCUT2D eigenvalue weighted by Crippen LogP contribution is -1.96. The zero-order valence-corrected chi connectivity index (χ0v) is 24.8. The number of rotatable bonds is 7. The minimum atomic E-state index is -0.691. The van der Waals surface area contributed by atoms with Crippen LogP contribution in [0.1, 0.15) is 41.4 Å². The fourth-order valence-corrected chi connectivity index (χ4v) is 5.54. The molecule has 0 radical (unpaired) electrons. The van der Waals surface area contributed by atoms with Gasteiger partial charge >= 0.3 is 23.9 Å². The Balaban J connectivity index is 1.07. The van der Waals surface area contributed by atoms with E-state index in [2.05, 4.69) is 9.47 Å². The summed E-state index contributed by atoms with van der Waals surface area (Å²) in [5, 5.41) is 0. The minimum absolute atomic E-state index is 0.177. The van der Waals surface area contributed by atoms with Gasteiger partial charge in [0.25, 0.3) is 0 Å². The third-order valence-electron chi connectivity index (χ3n) is 7.94. The standard InChI is InChI=1S/C39H21NO8/c41-36-30-16-14-28(20-32(30)38(43)47-36)45-26-10-6-23(7-11-26)34-18-25(22-4-2-1-3-5-22)19-35(40-34)24-8-12-27(13-9-24)46-29-15-17-31-33(21-29)39(44)48-37(31)42/h1-21H. The predicted molar refractivity (Wildman–Crippen MR) is 173 cm³/mol. The molecule has 9 heteroatoms. The Morgan fingerprint density at radius 3 is 1.25 bits per heavy atom. The second-order valence-corrected chi connectivity index (χ2v) is 11.0. The van der Waals surface area contributed by atoms with E-state index in [4.69, 9.17) is 14.5 Å². The summed E-state index contributed by atoms with van der Waals surface area (Å²) in [6, 6.07) is 38.1. The highest BCUT2D eigenvalue weighted by Gasteiger charge is 2.31. The highest BCUT2D eigenvalue weighted by atomic mass is 16.6. The summed E-state index contributed by atoms with van der Waals surface area (Å²) in [5.41, 5.74) is 6.02. The van der Waals surface area contributed by atoms with Crippen molar-refractivity contribution in [1.82, 2.24) is 4.98 Å². The van der Waals surface area contributed by atoms with E-state index < -0.39 is 23.9 Å². The molecule has 0 amide bonds. The van der Waals surface area contributed by atoms with Gasteiger partial charge in [0.15, 0.2) is 0 Å². The van der Waals surface area contributed by atoms with Gasteiger partial charge in [-0.3, -0.25) is 0 Å². The number of benzene rings is 5. The molecule has 230 valence electrons. The van der Waals surface area contributed by atoms with Crippen LogP contribution in [0.4, 0.5) is 0 Å². The van der Waals surface area contributed by atoms with E-state index in [1.807, 2.05) is 91.0 Å². The van der Waals surface area contributed by atoms with E-state index in [9.17, 15) is 19.2 Å². The Morgan fingerprint density at radius 2 is 0.792 bits per heavy atom. The number of esters is 4. The van der Waals surface area contributed by atoms with E-state index in [1.54, 1.807) is 12.1 Å². The van der Waals surface area contributed by atoms with E-state index in [1.165, 1.54) is 24.3 Å². The normalized spacial score (nSPS) is 13.1. The molecule has 2 aliphatic heterocycles. The summed E-state index contributed by atoms with van der Waals surface area (Å²) < 4.78 is 21.2. The third kappa shape index (κ3) is 5.35. The van der Waals surface area contributed by atoms with Gasteiger partial charge in [-0.2, -0.15) is 0 Å². The molecule has 0 unspecified atom stereocenters. The van der Waals surface area contributed by atoms with Crippen LogP contribution < -0.4 is 9.47 Å². The van der Waals surface area contributed by atoms with Crippen LogP contribution in [0.3, 0.4) is 0 Å². The van der Waals surface area contributed by atoms with Crippen molar-refractivity contribution in [1.29, 1.82) is 0 Å². The molecule has 6 aromatic rings. The maximum Gasteiger partial charge on any atom is 0.347 e. The van der Waals surface area contributed by atoms with Crippen molar-refractivity contribution in [3.63, 3.8) is 0 Å². The Labute approximate surface area is 272 Å². The minimum Gasteiger partial charge on any atom is -0.457 e. The highest BCUT2D eigenvalue weighted by Crippen LogP contribution is 2.34.